The van der Waals surface area contributed by atoms with Crippen molar-refractivity contribution >= 4 is 22.9 Å². The van der Waals surface area contributed by atoms with E-state index in [-0.39, 0.29) is 29.8 Å². The molecule has 2 aliphatic carbocycles. The van der Waals surface area contributed by atoms with Crippen molar-refractivity contribution < 1.29 is 15.3 Å². The fourth-order valence-electron chi connectivity index (χ4n) is 4.85. The standard InChI is InChI=1S/C21H23ClN4O3/c22-21-24-20(23-15-6-5-11-3-1-2-4-13(11)15)17-8-7-16(26(17)25-21)14-9-12(10-27)18(28)19(14)29/h1-4,7-8,12,14-15,18-19,27-29H,5-6,9-10H2,(H,23,24,25)/t12-,14-,15+,18+,19-/m0/s1. The molecule has 5 atom stereocenters. The van der Waals surface area contributed by atoms with Gasteiger partial charge in [-0.25, -0.2) is 4.52 Å². The number of nitrogens with one attached hydrogen (secondary N) is 1. The molecule has 8 heteroatoms. The van der Waals surface area contributed by atoms with Crippen LogP contribution in [0.1, 0.15) is 41.6 Å². The summed E-state index contributed by atoms with van der Waals surface area (Å²) >= 11 is 6.23. The molecule has 4 N–H and O–H groups in total. The van der Waals surface area contributed by atoms with Crippen molar-refractivity contribution in [3.63, 3.8) is 0 Å². The Morgan fingerprint density at radius 1 is 1.14 bits per heavy atom. The molecule has 2 heterocycles. The minimum absolute atomic E-state index is 0.107. The molecule has 152 valence electrons. The van der Waals surface area contributed by atoms with Crippen LogP contribution in [0.3, 0.4) is 0 Å². The van der Waals surface area contributed by atoms with Crippen LogP contribution in [0.25, 0.3) is 5.52 Å². The maximum Gasteiger partial charge on any atom is 0.243 e. The zero-order valence-corrected chi connectivity index (χ0v) is 16.5. The molecular weight excluding hydrogens is 392 g/mol. The zero-order chi connectivity index (χ0) is 20.1. The third kappa shape index (κ3) is 3.09. The Bertz CT molecular complexity index is 1060. The van der Waals surface area contributed by atoms with E-state index in [2.05, 4.69) is 33.6 Å². The SMILES string of the molecule is OC[C@@H]1C[C@@H](c2ccc3c(N[C@@H]4CCc5ccccc54)nc(Cl)nn23)[C@H](O)[C@@H]1O. The first-order valence-electron chi connectivity index (χ1n) is 9.93. The molecular formula is C21H23ClN4O3. The third-order valence-corrected chi connectivity index (χ3v) is 6.53. The summed E-state index contributed by atoms with van der Waals surface area (Å²) in [7, 11) is 0. The maximum atomic E-state index is 10.5. The molecule has 0 spiro atoms. The summed E-state index contributed by atoms with van der Waals surface area (Å²) in [6.07, 6.45) is 0.555. The molecule has 0 bridgehead atoms. The van der Waals surface area contributed by atoms with Crippen LogP contribution in [0.15, 0.2) is 36.4 Å². The molecule has 3 aromatic rings. The van der Waals surface area contributed by atoms with Crippen molar-refractivity contribution in [2.45, 2.75) is 43.4 Å². The van der Waals surface area contributed by atoms with Gasteiger partial charge in [0.25, 0.3) is 0 Å². The summed E-state index contributed by atoms with van der Waals surface area (Å²) in [6, 6.07) is 12.3. The maximum absolute atomic E-state index is 10.5. The fraction of sp³-hybridized carbons (Fsp3) is 0.429. The van der Waals surface area contributed by atoms with Crippen LogP contribution in [0.5, 0.6) is 0 Å². The van der Waals surface area contributed by atoms with E-state index in [9.17, 15) is 15.3 Å². The van der Waals surface area contributed by atoms with Crippen LogP contribution in [0.4, 0.5) is 5.82 Å². The van der Waals surface area contributed by atoms with Crippen molar-refractivity contribution in [1.82, 2.24) is 14.6 Å². The van der Waals surface area contributed by atoms with E-state index in [0.29, 0.717) is 12.2 Å². The minimum Gasteiger partial charge on any atom is -0.396 e. The van der Waals surface area contributed by atoms with Gasteiger partial charge in [-0.3, -0.25) is 0 Å². The van der Waals surface area contributed by atoms with E-state index in [0.717, 1.165) is 24.1 Å². The second kappa shape index (κ2) is 7.25. The first-order valence-corrected chi connectivity index (χ1v) is 10.3. The average Bonchev–Trinajstić information content (AvgIpc) is 3.39. The lowest BCUT2D eigenvalue weighted by atomic mass is 10.0. The lowest BCUT2D eigenvalue weighted by Crippen LogP contribution is -2.29. The van der Waals surface area contributed by atoms with E-state index in [1.807, 2.05) is 18.2 Å². The number of rotatable bonds is 4. The summed E-state index contributed by atoms with van der Waals surface area (Å²) in [5.74, 6) is -0.0502. The van der Waals surface area contributed by atoms with Crippen LogP contribution in [0.2, 0.25) is 5.28 Å². The number of aliphatic hydroxyl groups is 3. The van der Waals surface area contributed by atoms with Gasteiger partial charge in [0.2, 0.25) is 5.28 Å². The highest BCUT2D eigenvalue weighted by molar-refractivity contribution is 6.28. The number of benzene rings is 1. The summed E-state index contributed by atoms with van der Waals surface area (Å²) in [5.41, 5.74) is 4.13. The van der Waals surface area contributed by atoms with Gasteiger partial charge in [0.05, 0.1) is 18.2 Å². The Labute approximate surface area is 173 Å². The second-order valence-corrected chi connectivity index (χ2v) is 8.32. The summed E-state index contributed by atoms with van der Waals surface area (Å²) in [6.45, 7) is -0.165. The second-order valence-electron chi connectivity index (χ2n) is 7.99. The zero-order valence-electron chi connectivity index (χ0n) is 15.7. The molecule has 1 aromatic carbocycles. The minimum atomic E-state index is -0.961. The van der Waals surface area contributed by atoms with E-state index in [1.165, 1.54) is 11.1 Å². The number of fused-ring (bicyclic) bond motifs is 2. The molecule has 0 aliphatic heterocycles. The van der Waals surface area contributed by atoms with E-state index >= 15 is 0 Å². The lowest BCUT2D eigenvalue weighted by Gasteiger charge is -2.18. The van der Waals surface area contributed by atoms with Gasteiger partial charge >= 0.3 is 0 Å². The number of anilines is 1. The molecule has 2 aliphatic rings. The average molecular weight is 415 g/mol. The van der Waals surface area contributed by atoms with Gasteiger partial charge in [-0.15, -0.1) is 5.10 Å². The first kappa shape index (κ1) is 18.8. The Morgan fingerprint density at radius 2 is 1.97 bits per heavy atom. The van der Waals surface area contributed by atoms with Crippen molar-refractivity contribution in [2.24, 2.45) is 5.92 Å². The highest BCUT2D eigenvalue weighted by Crippen LogP contribution is 2.40. The number of halogens is 1. The van der Waals surface area contributed by atoms with Crippen molar-refractivity contribution in [3.8, 4) is 0 Å². The van der Waals surface area contributed by atoms with Crippen LogP contribution in [-0.2, 0) is 6.42 Å². The Balaban J connectivity index is 1.51. The predicted octanol–water partition coefficient (Wildman–Crippen LogP) is 2.30. The van der Waals surface area contributed by atoms with Gasteiger partial charge < -0.3 is 20.6 Å². The van der Waals surface area contributed by atoms with Gasteiger partial charge in [-0.1, -0.05) is 24.3 Å². The topological polar surface area (TPSA) is 103 Å². The van der Waals surface area contributed by atoms with Crippen LogP contribution < -0.4 is 5.32 Å². The highest BCUT2D eigenvalue weighted by Gasteiger charge is 2.43. The molecule has 7 nitrogen and oxygen atoms in total. The molecule has 1 saturated carbocycles. The molecule has 0 saturated heterocycles. The number of hydrogen-bond donors (Lipinski definition) is 4. The molecule has 0 radical (unpaired) electrons. The largest absolute Gasteiger partial charge is 0.396 e. The van der Waals surface area contributed by atoms with Gasteiger partial charge in [-0.05, 0) is 54.1 Å². The lowest BCUT2D eigenvalue weighted by molar-refractivity contribution is 0.00190. The quantitative estimate of drug-likeness (QED) is 0.522. The van der Waals surface area contributed by atoms with E-state index in [4.69, 9.17) is 11.6 Å². The number of aliphatic hydroxyl groups excluding tert-OH is 3. The van der Waals surface area contributed by atoms with E-state index < -0.39 is 12.2 Å². The van der Waals surface area contributed by atoms with Crippen LogP contribution in [0, 0.1) is 5.92 Å². The van der Waals surface area contributed by atoms with Gasteiger partial charge in [0.1, 0.15) is 5.52 Å². The third-order valence-electron chi connectivity index (χ3n) is 6.37. The summed E-state index contributed by atoms with van der Waals surface area (Å²) in [4.78, 5) is 4.41. The molecule has 29 heavy (non-hydrogen) atoms. The number of nitrogens with zero attached hydrogens (tertiary/aromatic N) is 3. The Kier molecular flexibility index (Phi) is 4.70. The number of aryl methyl sites for hydroxylation is 1. The Morgan fingerprint density at radius 3 is 2.76 bits per heavy atom. The van der Waals surface area contributed by atoms with Gasteiger partial charge in [0.15, 0.2) is 5.82 Å². The summed E-state index contributed by atoms with van der Waals surface area (Å²) < 4.78 is 1.69. The predicted molar refractivity (Wildman–Crippen MR) is 109 cm³/mol. The number of hydrogen-bond acceptors (Lipinski definition) is 6. The monoisotopic (exact) mass is 414 g/mol. The molecule has 5 rings (SSSR count). The highest BCUT2D eigenvalue weighted by atomic mass is 35.5. The van der Waals surface area contributed by atoms with E-state index in [1.54, 1.807) is 4.52 Å². The van der Waals surface area contributed by atoms with Gasteiger partial charge in [0, 0.05) is 24.1 Å². The Hall–Kier alpha value is -2.19. The first-order chi connectivity index (χ1) is 14.1. The summed E-state index contributed by atoms with van der Waals surface area (Å²) in [5, 5.41) is 38.1. The normalized spacial score (nSPS) is 28.8. The van der Waals surface area contributed by atoms with Crippen molar-refractivity contribution in [3.05, 3.63) is 58.5 Å². The number of aromatic nitrogens is 3. The van der Waals surface area contributed by atoms with Crippen molar-refractivity contribution in [2.75, 3.05) is 11.9 Å². The molecule has 0 unspecified atom stereocenters. The molecule has 1 fully saturated rings. The molecule has 2 aromatic heterocycles. The van der Waals surface area contributed by atoms with Crippen LogP contribution >= 0.6 is 11.6 Å². The molecule has 0 amide bonds. The van der Waals surface area contributed by atoms with Crippen LogP contribution in [-0.4, -0.2) is 48.7 Å². The fourth-order valence-corrected chi connectivity index (χ4v) is 5.01. The van der Waals surface area contributed by atoms with Gasteiger partial charge in [-0.2, -0.15) is 4.98 Å². The van der Waals surface area contributed by atoms with Crippen molar-refractivity contribution in [1.29, 1.82) is 0 Å². The smallest absolute Gasteiger partial charge is 0.243 e.